The lowest BCUT2D eigenvalue weighted by Crippen LogP contribution is -2.27. The largest absolute Gasteiger partial charge is 0.435 e. The van der Waals surface area contributed by atoms with E-state index in [1.165, 1.54) is 6.08 Å². The maximum atomic E-state index is 11.8. The van der Waals surface area contributed by atoms with Crippen LogP contribution in [-0.2, 0) is 9.63 Å². The highest BCUT2D eigenvalue weighted by molar-refractivity contribution is 6.21. The van der Waals surface area contributed by atoms with Gasteiger partial charge in [0.25, 0.3) is 0 Å². The predicted molar refractivity (Wildman–Crippen MR) is 76.4 cm³/mol. The number of carbonyl (C=O) groups is 2. The third-order valence-electron chi connectivity index (χ3n) is 3.54. The van der Waals surface area contributed by atoms with Crippen LogP contribution < -0.4 is 0 Å². The van der Waals surface area contributed by atoms with Gasteiger partial charge in [0.15, 0.2) is 5.78 Å². The molecule has 0 spiro atoms. The van der Waals surface area contributed by atoms with Crippen molar-refractivity contribution in [1.82, 2.24) is 4.90 Å². The molecule has 0 unspecified atom stereocenters. The van der Waals surface area contributed by atoms with Gasteiger partial charge >= 0.3 is 6.09 Å². The molecule has 1 heterocycles. The molecule has 0 N–H and O–H groups in total. The van der Waals surface area contributed by atoms with E-state index in [0.29, 0.717) is 16.9 Å². The van der Waals surface area contributed by atoms with Crippen LogP contribution in [0.25, 0.3) is 0 Å². The van der Waals surface area contributed by atoms with E-state index in [1.54, 1.807) is 17.9 Å². The highest BCUT2D eigenvalue weighted by Gasteiger charge is 2.22. The van der Waals surface area contributed by atoms with E-state index in [9.17, 15) is 9.59 Å². The number of allylic oxidation sites excluding steroid dienone is 4. The van der Waals surface area contributed by atoms with Crippen molar-refractivity contribution in [2.75, 3.05) is 13.1 Å². The van der Waals surface area contributed by atoms with Gasteiger partial charge in [-0.05, 0) is 43.4 Å². The molecule has 1 saturated heterocycles. The average molecular weight is 276 g/mol. The molecule has 1 amide bonds. The standard InChI is InChI=1S/C15H20N2O3/c1-10(2)12-9-13(11(3)8-14(12)18)16-20-15(19)17-6-4-5-7-17/h8-10H,4-7H2,1-3H3/b16-13-. The Bertz CT molecular complexity index is 509. The van der Waals surface area contributed by atoms with Crippen molar-refractivity contribution in [2.24, 2.45) is 11.1 Å². The van der Waals surface area contributed by atoms with Crippen molar-refractivity contribution in [3.8, 4) is 0 Å². The monoisotopic (exact) mass is 276 g/mol. The van der Waals surface area contributed by atoms with Crippen LogP contribution in [0, 0.1) is 5.92 Å². The van der Waals surface area contributed by atoms with Crippen molar-refractivity contribution in [1.29, 1.82) is 0 Å². The van der Waals surface area contributed by atoms with E-state index in [-0.39, 0.29) is 11.7 Å². The Balaban J connectivity index is 2.09. The van der Waals surface area contributed by atoms with Gasteiger partial charge in [0.1, 0.15) is 5.71 Å². The normalized spacial score (nSPS) is 21.3. The van der Waals surface area contributed by atoms with Crippen LogP contribution in [-0.4, -0.2) is 35.6 Å². The minimum Gasteiger partial charge on any atom is -0.306 e. The molecule has 0 aromatic carbocycles. The molecule has 0 saturated carbocycles. The summed E-state index contributed by atoms with van der Waals surface area (Å²) in [6.07, 6.45) is 4.85. The van der Waals surface area contributed by atoms with Gasteiger partial charge in [0.05, 0.1) is 0 Å². The van der Waals surface area contributed by atoms with Crippen molar-refractivity contribution < 1.29 is 14.4 Å². The van der Waals surface area contributed by atoms with Gasteiger partial charge in [-0.1, -0.05) is 19.0 Å². The van der Waals surface area contributed by atoms with E-state index in [0.717, 1.165) is 25.9 Å². The van der Waals surface area contributed by atoms with E-state index >= 15 is 0 Å². The van der Waals surface area contributed by atoms with Gasteiger partial charge in [-0.15, -0.1) is 0 Å². The van der Waals surface area contributed by atoms with Crippen molar-refractivity contribution in [3.63, 3.8) is 0 Å². The molecule has 2 rings (SSSR count). The first-order valence-electron chi connectivity index (χ1n) is 6.97. The van der Waals surface area contributed by atoms with Crippen LogP contribution in [0.3, 0.4) is 0 Å². The Labute approximate surface area is 119 Å². The smallest absolute Gasteiger partial charge is 0.306 e. The first-order valence-corrected chi connectivity index (χ1v) is 6.97. The number of oxime groups is 1. The summed E-state index contributed by atoms with van der Waals surface area (Å²) in [5.74, 6) is 0.119. The number of nitrogens with zero attached hydrogens (tertiary/aromatic N) is 2. The SMILES string of the molecule is CC1=CC(=O)C(C(C)C)=C/C1=N/OC(=O)N1CCCC1. The van der Waals surface area contributed by atoms with E-state index in [4.69, 9.17) is 4.84 Å². The third-order valence-corrected chi connectivity index (χ3v) is 3.54. The molecule has 1 fully saturated rings. The minimum atomic E-state index is -0.417. The Kier molecular flexibility index (Phi) is 4.37. The maximum Gasteiger partial charge on any atom is 0.435 e. The number of likely N-dealkylation sites (tertiary alicyclic amines) is 1. The summed E-state index contributed by atoms with van der Waals surface area (Å²) < 4.78 is 0. The highest BCUT2D eigenvalue weighted by atomic mass is 16.7. The molecule has 2 aliphatic rings. The second-order valence-electron chi connectivity index (χ2n) is 5.47. The number of rotatable bonds is 2. The topological polar surface area (TPSA) is 59.0 Å². The summed E-state index contributed by atoms with van der Waals surface area (Å²) in [5.41, 5.74) is 1.95. The lowest BCUT2D eigenvalue weighted by atomic mass is 9.90. The lowest BCUT2D eigenvalue weighted by molar-refractivity contribution is -0.111. The van der Waals surface area contributed by atoms with Gasteiger partial charge < -0.3 is 4.90 Å². The van der Waals surface area contributed by atoms with Crippen molar-refractivity contribution in [3.05, 3.63) is 23.3 Å². The molecular formula is C15H20N2O3. The lowest BCUT2D eigenvalue weighted by Gasteiger charge is -2.15. The zero-order chi connectivity index (χ0) is 14.7. The fourth-order valence-electron chi connectivity index (χ4n) is 2.28. The summed E-state index contributed by atoms with van der Waals surface area (Å²) >= 11 is 0. The van der Waals surface area contributed by atoms with Gasteiger partial charge in [-0.3, -0.25) is 9.63 Å². The summed E-state index contributed by atoms with van der Waals surface area (Å²) in [7, 11) is 0. The van der Waals surface area contributed by atoms with Crippen LogP contribution in [0.4, 0.5) is 4.79 Å². The van der Waals surface area contributed by atoms with Gasteiger partial charge in [-0.25, -0.2) is 4.79 Å². The number of amides is 1. The van der Waals surface area contributed by atoms with Crippen LogP contribution in [0.5, 0.6) is 0 Å². The van der Waals surface area contributed by atoms with E-state index in [1.807, 2.05) is 13.8 Å². The summed E-state index contributed by atoms with van der Waals surface area (Å²) in [5, 5.41) is 3.90. The summed E-state index contributed by atoms with van der Waals surface area (Å²) in [6.45, 7) is 7.14. The van der Waals surface area contributed by atoms with E-state index in [2.05, 4.69) is 5.16 Å². The Morgan fingerprint density at radius 1 is 1.30 bits per heavy atom. The van der Waals surface area contributed by atoms with Crippen LogP contribution in [0.1, 0.15) is 33.6 Å². The molecule has 1 aliphatic heterocycles. The van der Waals surface area contributed by atoms with Gasteiger partial charge in [-0.2, -0.15) is 0 Å². The number of hydrogen-bond donors (Lipinski definition) is 0. The molecular weight excluding hydrogens is 256 g/mol. The predicted octanol–water partition coefficient (Wildman–Crippen LogP) is 2.69. The molecule has 0 atom stereocenters. The highest BCUT2D eigenvalue weighted by Crippen LogP contribution is 2.19. The van der Waals surface area contributed by atoms with E-state index < -0.39 is 6.09 Å². The maximum absolute atomic E-state index is 11.8. The molecule has 0 radical (unpaired) electrons. The Morgan fingerprint density at radius 3 is 2.55 bits per heavy atom. The fourth-order valence-corrected chi connectivity index (χ4v) is 2.28. The average Bonchev–Trinajstić information content (AvgIpc) is 2.90. The summed E-state index contributed by atoms with van der Waals surface area (Å²) in [6, 6.07) is 0. The second-order valence-corrected chi connectivity index (χ2v) is 5.47. The number of carbonyl (C=O) groups excluding carboxylic acids is 2. The second kappa shape index (κ2) is 6.03. The summed E-state index contributed by atoms with van der Waals surface area (Å²) in [4.78, 5) is 30.2. The molecule has 20 heavy (non-hydrogen) atoms. The van der Waals surface area contributed by atoms with Crippen LogP contribution in [0.2, 0.25) is 0 Å². The van der Waals surface area contributed by atoms with Gasteiger partial charge in [0.2, 0.25) is 0 Å². The van der Waals surface area contributed by atoms with Crippen molar-refractivity contribution in [2.45, 2.75) is 33.6 Å². The molecule has 108 valence electrons. The molecule has 0 aromatic rings. The quantitative estimate of drug-likeness (QED) is 0.442. The number of hydrogen-bond acceptors (Lipinski definition) is 4. The molecule has 5 nitrogen and oxygen atoms in total. The zero-order valence-electron chi connectivity index (χ0n) is 12.2. The minimum absolute atomic E-state index is 0.00215. The van der Waals surface area contributed by atoms with Gasteiger partial charge in [0, 0.05) is 18.7 Å². The Hall–Kier alpha value is -1.91. The first-order chi connectivity index (χ1) is 9.49. The Morgan fingerprint density at radius 2 is 1.95 bits per heavy atom. The zero-order valence-corrected chi connectivity index (χ0v) is 12.2. The first kappa shape index (κ1) is 14.5. The fraction of sp³-hybridized carbons (Fsp3) is 0.533. The van der Waals surface area contributed by atoms with Crippen molar-refractivity contribution >= 4 is 17.6 Å². The molecule has 1 aliphatic carbocycles. The number of ketones is 1. The van der Waals surface area contributed by atoms with Crippen LogP contribution in [0.15, 0.2) is 28.5 Å². The molecule has 0 aromatic heterocycles. The third kappa shape index (κ3) is 3.15. The molecule has 5 heteroatoms. The molecule has 0 bridgehead atoms. The van der Waals surface area contributed by atoms with Crippen LogP contribution >= 0.6 is 0 Å².